The van der Waals surface area contributed by atoms with Crippen molar-refractivity contribution in [3.63, 3.8) is 0 Å². The van der Waals surface area contributed by atoms with Crippen LogP contribution in [0.2, 0.25) is 0 Å². The predicted octanol–water partition coefficient (Wildman–Crippen LogP) is 2.01. The molecule has 0 radical (unpaired) electrons. The molecule has 1 aliphatic rings. The monoisotopic (exact) mass is 210 g/mol. The van der Waals surface area contributed by atoms with E-state index in [-0.39, 0.29) is 5.25 Å². The van der Waals surface area contributed by atoms with Crippen LogP contribution in [0.4, 0.5) is 0 Å². The Hall–Kier alpha value is -0.900. The van der Waals surface area contributed by atoms with Crippen molar-refractivity contribution in [2.45, 2.75) is 18.1 Å². The van der Waals surface area contributed by atoms with E-state index in [1.165, 1.54) is 0 Å². The van der Waals surface area contributed by atoms with Gasteiger partial charge in [0.1, 0.15) is 0 Å². The summed E-state index contributed by atoms with van der Waals surface area (Å²) in [6.45, 7) is 0. The highest BCUT2D eigenvalue weighted by molar-refractivity contribution is 7.94. The molecule has 4 heteroatoms. The third-order valence-corrected chi connectivity index (χ3v) is 5.60. The van der Waals surface area contributed by atoms with Crippen LogP contribution in [0.3, 0.4) is 0 Å². The third kappa shape index (κ3) is 1.54. The van der Waals surface area contributed by atoms with E-state index in [9.17, 15) is 4.21 Å². The summed E-state index contributed by atoms with van der Waals surface area (Å²) in [6, 6.07) is 3.89. The Balaban J connectivity index is 2.42. The first-order valence-corrected chi connectivity index (χ1v) is 6.53. The molecule has 1 fully saturated rings. The quantitative estimate of drug-likeness (QED) is 0.711. The zero-order valence-electron chi connectivity index (χ0n) is 8.22. The molecule has 0 N–H and O–H groups in total. The van der Waals surface area contributed by atoms with Gasteiger partial charge >= 0.3 is 0 Å². The van der Waals surface area contributed by atoms with E-state index in [1.807, 2.05) is 12.1 Å². The van der Waals surface area contributed by atoms with Crippen LogP contribution in [0.15, 0.2) is 28.9 Å². The molecule has 2 unspecified atom stereocenters. The van der Waals surface area contributed by atoms with Gasteiger partial charge in [0, 0.05) is 25.2 Å². The maximum atomic E-state index is 12.3. The highest BCUT2D eigenvalue weighted by Gasteiger charge is 2.30. The Labute approximate surface area is 84.7 Å². The molecule has 14 heavy (non-hydrogen) atoms. The second-order valence-electron chi connectivity index (χ2n) is 3.49. The molecule has 3 nitrogen and oxygen atoms in total. The van der Waals surface area contributed by atoms with Gasteiger partial charge in [-0.15, -0.1) is 0 Å². The fourth-order valence-corrected chi connectivity index (χ4v) is 4.37. The molecule has 1 saturated heterocycles. The second-order valence-corrected chi connectivity index (χ2v) is 6.22. The molecule has 1 aromatic rings. The van der Waals surface area contributed by atoms with E-state index in [4.69, 9.17) is 0 Å². The molecule has 0 bridgehead atoms. The molecule has 76 valence electrons. The maximum absolute atomic E-state index is 12.3. The van der Waals surface area contributed by atoms with E-state index in [2.05, 4.69) is 9.35 Å². The SMILES string of the molecule is CN=S1(=O)CCCC1c1cccnc1. The Kier molecular flexibility index (Phi) is 2.54. The van der Waals surface area contributed by atoms with Crippen molar-refractivity contribution in [2.75, 3.05) is 12.8 Å². The Bertz CT molecular complexity index is 421. The molecule has 0 aliphatic carbocycles. The van der Waals surface area contributed by atoms with E-state index >= 15 is 0 Å². The maximum Gasteiger partial charge on any atom is 0.0694 e. The summed E-state index contributed by atoms with van der Waals surface area (Å²) in [5.74, 6) is 0.739. The van der Waals surface area contributed by atoms with Gasteiger partial charge in [-0.3, -0.25) is 4.98 Å². The van der Waals surface area contributed by atoms with Gasteiger partial charge in [0.05, 0.1) is 15.0 Å². The highest BCUT2D eigenvalue weighted by Crippen LogP contribution is 2.35. The topological polar surface area (TPSA) is 42.3 Å². The third-order valence-electron chi connectivity index (χ3n) is 2.71. The van der Waals surface area contributed by atoms with E-state index < -0.39 is 9.73 Å². The summed E-state index contributed by atoms with van der Waals surface area (Å²) in [7, 11) is -0.337. The molecule has 0 amide bonds. The average molecular weight is 210 g/mol. The molecule has 0 saturated carbocycles. The van der Waals surface area contributed by atoms with Crippen LogP contribution >= 0.6 is 0 Å². The Morgan fingerprint density at radius 1 is 1.64 bits per heavy atom. The van der Waals surface area contributed by atoms with Crippen LogP contribution in [-0.4, -0.2) is 22.0 Å². The largest absolute Gasteiger partial charge is 0.264 e. The van der Waals surface area contributed by atoms with Gasteiger partial charge in [0.15, 0.2) is 0 Å². The Morgan fingerprint density at radius 3 is 3.14 bits per heavy atom. The van der Waals surface area contributed by atoms with Crippen LogP contribution in [0, 0.1) is 0 Å². The second kappa shape index (κ2) is 3.69. The standard InChI is InChI=1S/C10H14N2OS/c1-11-14(13)7-3-5-10(14)9-4-2-6-12-8-9/h2,4,6,8,10H,3,5,7H2,1H3. The van der Waals surface area contributed by atoms with Gasteiger partial charge in [0.2, 0.25) is 0 Å². The van der Waals surface area contributed by atoms with Gasteiger partial charge in [0.25, 0.3) is 0 Å². The molecule has 1 aliphatic heterocycles. The van der Waals surface area contributed by atoms with Gasteiger partial charge in [-0.05, 0) is 24.5 Å². The average Bonchev–Trinajstić information content (AvgIpc) is 2.63. The van der Waals surface area contributed by atoms with E-state index in [1.54, 1.807) is 19.4 Å². The van der Waals surface area contributed by atoms with Gasteiger partial charge in [-0.1, -0.05) is 6.07 Å². The normalized spacial score (nSPS) is 31.6. The van der Waals surface area contributed by atoms with Crippen LogP contribution in [0.5, 0.6) is 0 Å². The minimum Gasteiger partial charge on any atom is -0.264 e. The smallest absolute Gasteiger partial charge is 0.0694 e. The number of nitrogens with zero attached hydrogens (tertiary/aromatic N) is 2. The first kappa shape index (κ1) is 9.65. The van der Waals surface area contributed by atoms with E-state index in [0.29, 0.717) is 0 Å². The first-order valence-electron chi connectivity index (χ1n) is 4.78. The van der Waals surface area contributed by atoms with Crippen LogP contribution in [0.1, 0.15) is 23.7 Å². The minimum atomic E-state index is -2.00. The lowest BCUT2D eigenvalue weighted by molar-refractivity contribution is 0.671. The molecule has 2 atom stereocenters. The fraction of sp³-hybridized carbons (Fsp3) is 0.500. The summed E-state index contributed by atoms with van der Waals surface area (Å²) in [5, 5.41) is 0.0983. The molecular weight excluding hydrogens is 196 g/mol. The molecular formula is C10H14N2OS. The van der Waals surface area contributed by atoms with Gasteiger partial charge in [-0.2, -0.15) is 0 Å². The molecule has 0 spiro atoms. The molecule has 2 rings (SSSR count). The van der Waals surface area contributed by atoms with E-state index in [0.717, 1.165) is 24.2 Å². The Morgan fingerprint density at radius 2 is 2.50 bits per heavy atom. The minimum absolute atomic E-state index is 0.0983. The fourth-order valence-electron chi connectivity index (χ4n) is 1.97. The molecule has 2 heterocycles. The lowest BCUT2D eigenvalue weighted by Crippen LogP contribution is -2.07. The molecule has 1 aromatic heterocycles. The lowest BCUT2D eigenvalue weighted by Gasteiger charge is -2.12. The van der Waals surface area contributed by atoms with Crippen molar-refractivity contribution in [2.24, 2.45) is 4.36 Å². The first-order chi connectivity index (χ1) is 6.76. The van der Waals surface area contributed by atoms with Crippen LogP contribution in [-0.2, 0) is 9.73 Å². The number of hydrogen-bond donors (Lipinski definition) is 0. The van der Waals surface area contributed by atoms with Gasteiger partial charge in [-0.25, -0.2) is 8.57 Å². The number of pyridine rings is 1. The summed E-state index contributed by atoms with van der Waals surface area (Å²) >= 11 is 0. The number of aromatic nitrogens is 1. The summed E-state index contributed by atoms with van der Waals surface area (Å²) < 4.78 is 16.4. The molecule has 0 aromatic carbocycles. The predicted molar refractivity (Wildman–Crippen MR) is 57.6 cm³/mol. The summed E-state index contributed by atoms with van der Waals surface area (Å²) in [5.41, 5.74) is 1.07. The lowest BCUT2D eigenvalue weighted by atomic mass is 10.1. The number of hydrogen-bond acceptors (Lipinski definition) is 3. The zero-order valence-corrected chi connectivity index (χ0v) is 9.04. The van der Waals surface area contributed by atoms with Crippen molar-refractivity contribution < 1.29 is 4.21 Å². The van der Waals surface area contributed by atoms with Crippen molar-refractivity contribution in [1.29, 1.82) is 0 Å². The summed E-state index contributed by atoms with van der Waals surface area (Å²) in [4.78, 5) is 4.06. The number of rotatable bonds is 1. The van der Waals surface area contributed by atoms with Crippen LogP contribution < -0.4 is 0 Å². The zero-order chi connectivity index (χ0) is 10.0. The highest BCUT2D eigenvalue weighted by atomic mass is 32.2. The van der Waals surface area contributed by atoms with Crippen molar-refractivity contribution in [3.8, 4) is 0 Å². The van der Waals surface area contributed by atoms with Crippen molar-refractivity contribution >= 4 is 9.73 Å². The summed E-state index contributed by atoms with van der Waals surface area (Å²) in [6.07, 6.45) is 5.53. The van der Waals surface area contributed by atoms with Gasteiger partial charge < -0.3 is 0 Å². The van der Waals surface area contributed by atoms with Crippen LogP contribution in [0.25, 0.3) is 0 Å². The van der Waals surface area contributed by atoms with Crippen molar-refractivity contribution in [1.82, 2.24) is 4.98 Å². The van der Waals surface area contributed by atoms with Crippen molar-refractivity contribution in [3.05, 3.63) is 30.1 Å².